The lowest BCUT2D eigenvalue weighted by atomic mass is 10.0. The van der Waals surface area contributed by atoms with Crippen LogP contribution in [0.1, 0.15) is 52.7 Å². The summed E-state index contributed by atoms with van der Waals surface area (Å²) in [5.74, 6) is -0.0670. The van der Waals surface area contributed by atoms with Crippen LogP contribution >= 0.6 is 0 Å². The number of pyridine rings is 1. The zero-order chi connectivity index (χ0) is 23.5. The second kappa shape index (κ2) is 10.0. The molecule has 2 saturated heterocycles. The molecule has 0 spiro atoms. The van der Waals surface area contributed by atoms with Gasteiger partial charge < -0.3 is 10.1 Å². The average molecular weight is 458 g/mol. The molecule has 1 unspecified atom stereocenters. The van der Waals surface area contributed by atoms with Crippen LogP contribution in [0.15, 0.2) is 48.7 Å². The zero-order valence-corrected chi connectivity index (χ0v) is 19.7. The van der Waals surface area contributed by atoms with E-state index >= 15 is 0 Å². The van der Waals surface area contributed by atoms with Gasteiger partial charge in [0.05, 0.1) is 5.52 Å². The van der Waals surface area contributed by atoms with Crippen LogP contribution in [-0.2, 0) is 22.5 Å². The van der Waals surface area contributed by atoms with Crippen LogP contribution in [0.2, 0.25) is 0 Å². The minimum Gasteiger partial charge on any atom is -0.370 e. The molecule has 1 aromatic heterocycles. The molecule has 3 aromatic rings. The van der Waals surface area contributed by atoms with Crippen molar-refractivity contribution in [1.82, 2.24) is 9.88 Å². The molecule has 1 amide bonds. The summed E-state index contributed by atoms with van der Waals surface area (Å²) >= 11 is 0. The topological polar surface area (TPSA) is 71.5 Å². The van der Waals surface area contributed by atoms with Gasteiger partial charge in [0.25, 0.3) is 5.91 Å². The number of amides is 1. The molecule has 2 aliphatic heterocycles. The largest absolute Gasteiger partial charge is 0.370 e. The normalized spacial score (nSPS) is 18.4. The van der Waals surface area contributed by atoms with Crippen molar-refractivity contribution in [3.63, 3.8) is 0 Å². The van der Waals surface area contributed by atoms with Crippen LogP contribution < -0.4 is 5.32 Å². The highest BCUT2D eigenvalue weighted by Crippen LogP contribution is 2.26. The van der Waals surface area contributed by atoms with Crippen LogP contribution in [0.25, 0.3) is 10.9 Å². The molecule has 2 fully saturated rings. The lowest BCUT2D eigenvalue weighted by Gasteiger charge is -2.15. The number of aromatic nitrogens is 1. The lowest BCUT2D eigenvalue weighted by molar-refractivity contribution is -0.127. The second-order valence-electron chi connectivity index (χ2n) is 9.43. The Kier molecular flexibility index (Phi) is 6.70. The Morgan fingerprint density at radius 1 is 1.06 bits per heavy atom. The lowest BCUT2D eigenvalue weighted by Crippen LogP contribution is -2.21. The van der Waals surface area contributed by atoms with E-state index < -0.39 is 0 Å². The minimum atomic E-state index is -0.274. The Morgan fingerprint density at radius 3 is 2.59 bits per heavy atom. The summed E-state index contributed by atoms with van der Waals surface area (Å²) in [5.41, 5.74) is 5.30. The molecule has 0 saturated carbocycles. The van der Waals surface area contributed by atoms with E-state index in [0.29, 0.717) is 18.6 Å². The number of fused-ring (bicyclic) bond motifs is 1. The number of anilines is 1. The number of rotatable bonds is 7. The van der Waals surface area contributed by atoms with Gasteiger partial charge in [0.2, 0.25) is 0 Å². The van der Waals surface area contributed by atoms with Crippen molar-refractivity contribution in [2.75, 3.05) is 25.0 Å². The first kappa shape index (κ1) is 22.7. The molecule has 1 N–H and O–H groups in total. The van der Waals surface area contributed by atoms with Gasteiger partial charge in [-0.25, -0.2) is 0 Å². The summed E-state index contributed by atoms with van der Waals surface area (Å²) in [5, 5.41) is 4.11. The number of ether oxygens (including phenoxy) is 1. The van der Waals surface area contributed by atoms with Crippen molar-refractivity contribution in [3.8, 4) is 0 Å². The van der Waals surface area contributed by atoms with Gasteiger partial charge in [0.15, 0.2) is 5.78 Å². The first-order valence-corrected chi connectivity index (χ1v) is 12.2. The van der Waals surface area contributed by atoms with Crippen LogP contribution in [0.5, 0.6) is 0 Å². The minimum absolute atomic E-state index is 0.109. The predicted octanol–water partition coefficient (Wildman–Crippen LogP) is 4.68. The quantitative estimate of drug-likeness (QED) is 0.558. The highest BCUT2D eigenvalue weighted by Gasteiger charge is 2.23. The molecule has 0 aliphatic carbocycles. The van der Waals surface area contributed by atoms with E-state index in [1.54, 1.807) is 12.1 Å². The van der Waals surface area contributed by atoms with E-state index in [1.165, 1.54) is 18.4 Å². The van der Waals surface area contributed by atoms with E-state index in [-0.39, 0.29) is 17.8 Å². The number of nitrogens with zero attached hydrogens (tertiary/aromatic N) is 2. The molecule has 6 heteroatoms. The average Bonchev–Trinajstić information content (AvgIpc) is 3.56. The van der Waals surface area contributed by atoms with Crippen LogP contribution in [0.3, 0.4) is 0 Å². The summed E-state index contributed by atoms with van der Waals surface area (Å²) < 4.78 is 5.47. The number of aryl methyl sites for hydroxylation is 1. The molecule has 5 rings (SSSR count). The Balaban J connectivity index is 1.25. The smallest absolute Gasteiger partial charge is 0.255 e. The molecule has 1 atom stereocenters. The number of nitrogens with one attached hydrogen (secondary N) is 1. The van der Waals surface area contributed by atoms with Gasteiger partial charge in [-0.05, 0) is 86.7 Å². The Labute approximate surface area is 200 Å². The van der Waals surface area contributed by atoms with Gasteiger partial charge in [0, 0.05) is 42.4 Å². The molecule has 0 radical (unpaired) electrons. The van der Waals surface area contributed by atoms with Gasteiger partial charge >= 0.3 is 0 Å². The van der Waals surface area contributed by atoms with Crippen LogP contribution in [-0.4, -0.2) is 47.4 Å². The maximum absolute atomic E-state index is 12.9. The number of Topliss-reactive ketones (excluding diaryl/α,β-unsaturated/α-hetero) is 1. The monoisotopic (exact) mass is 457 g/mol. The molecule has 2 aromatic carbocycles. The number of carbonyl (C=O) groups is 2. The fraction of sp³-hybridized carbons (Fsp3) is 0.393. The summed E-state index contributed by atoms with van der Waals surface area (Å²) in [6, 6.07) is 13.4. The third-order valence-corrected chi connectivity index (χ3v) is 6.90. The number of hydrogen-bond donors (Lipinski definition) is 1. The van der Waals surface area contributed by atoms with Crippen LogP contribution in [0.4, 0.5) is 5.69 Å². The first-order valence-electron chi connectivity index (χ1n) is 12.2. The van der Waals surface area contributed by atoms with Crippen molar-refractivity contribution in [2.45, 2.75) is 51.7 Å². The van der Waals surface area contributed by atoms with Gasteiger partial charge in [-0.2, -0.15) is 0 Å². The molecule has 0 bridgehead atoms. The van der Waals surface area contributed by atoms with Gasteiger partial charge in [-0.15, -0.1) is 0 Å². The molecular weight excluding hydrogens is 426 g/mol. The van der Waals surface area contributed by atoms with Crippen LogP contribution in [0, 0.1) is 6.92 Å². The summed E-state index contributed by atoms with van der Waals surface area (Å²) in [4.78, 5) is 32.4. The zero-order valence-electron chi connectivity index (χ0n) is 19.7. The highest BCUT2D eigenvalue weighted by atomic mass is 16.5. The maximum Gasteiger partial charge on any atom is 0.255 e. The fourth-order valence-corrected chi connectivity index (χ4v) is 4.93. The number of likely N-dealkylation sites (tertiary alicyclic amines) is 1. The summed E-state index contributed by atoms with van der Waals surface area (Å²) in [6.45, 7) is 5.92. The molecule has 176 valence electrons. The standard InChI is InChI=1S/C28H31N3O3/c1-19-24(11-10-23-15-21(17-29-27(19)23)18-31-12-2-3-13-31)30-28(33)22-8-6-20(7-9-22)16-25(32)26-5-4-14-34-26/h6-11,15,17,26H,2-5,12-14,16,18H2,1H3,(H,30,33). The molecule has 34 heavy (non-hydrogen) atoms. The molecular formula is C28H31N3O3. The maximum atomic E-state index is 12.9. The Bertz CT molecular complexity index is 1190. The number of carbonyl (C=O) groups excluding carboxylic acids is 2. The predicted molar refractivity (Wildman–Crippen MR) is 133 cm³/mol. The highest BCUT2D eigenvalue weighted by molar-refractivity contribution is 6.06. The van der Waals surface area contributed by atoms with Crippen molar-refractivity contribution in [2.24, 2.45) is 0 Å². The molecule has 6 nitrogen and oxygen atoms in total. The SMILES string of the molecule is Cc1c(NC(=O)c2ccc(CC(=O)C3CCCO3)cc2)ccc2cc(CN3CCCC3)cnc12. The first-order chi connectivity index (χ1) is 16.6. The summed E-state index contributed by atoms with van der Waals surface area (Å²) in [6.07, 6.45) is 6.32. The molecule has 2 aliphatic rings. The van der Waals surface area contributed by atoms with Crippen molar-refractivity contribution < 1.29 is 14.3 Å². The van der Waals surface area contributed by atoms with E-state index in [4.69, 9.17) is 9.72 Å². The van der Waals surface area contributed by atoms with Gasteiger partial charge in [0.1, 0.15) is 6.10 Å². The van der Waals surface area contributed by atoms with E-state index in [0.717, 1.165) is 60.2 Å². The fourth-order valence-electron chi connectivity index (χ4n) is 4.93. The third kappa shape index (κ3) is 5.03. The third-order valence-electron chi connectivity index (χ3n) is 6.90. The van der Waals surface area contributed by atoms with Crippen molar-refractivity contribution >= 4 is 28.3 Å². The number of hydrogen-bond acceptors (Lipinski definition) is 5. The number of benzene rings is 2. The Morgan fingerprint density at radius 2 is 1.85 bits per heavy atom. The Hall–Kier alpha value is -3.09. The van der Waals surface area contributed by atoms with E-state index in [2.05, 4.69) is 16.3 Å². The summed E-state index contributed by atoms with van der Waals surface area (Å²) in [7, 11) is 0. The van der Waals surface area contributed by atoms with Crippen molar-refractivity contribution in [3.05, 3.63) is 70.9 Å². The molecule has 3 heterocycles. The second-order valence-corrected chi connectivity index (χ2v) is 9.43. The van der Waals surface area contributed by atoms with Gasteiger partial charge in [-0.3, -0.25) is 19.5 Å². The van der Waals surface area contributed by atoms with E-state index in [1.807, 2.05) is 37.4 Å². The van der Waals surface area contributed by atoms with E-state index in [9.17, 15) is 9.59 Å². The van der Waals surface area contributed by atoms with Gasteiger partial charge in [-0.1, -0.05) is 18.2 Å². The number of ketones is 1. The van der Waals surface area contributed by atoms with Crippen molar-refractivity contribution in [1.29, 1.82) is 0 Å².